The average Bonchev–Trinajstić information content (AvgIpc) is 3.06. The van der Waals surface area contributed by atoms with Gasteiger partial charge in [-0.05, 0) is 154 Å². The predicted octanol–water partition coefficient (Wildman–Crippen LogP) is 9.90. The third kappa shape index (κ3) is 6.29. The number of carbonyl (C=O) groups excluding carboxylic acids is 1. The van der Waals surface area contributed by atoms with E-state index < -0.39 is 11.4 Å². The zero-order chi connectivity index (χ0) is 37.2. The molecule has 6 rings (SSSR count). The molecule has 6 nitrogen and oxygen atoms in total. The summed E-state index contributed by atoms with van der Waals surface area (Å²) < 4.78 is 11.6. The second-order valence-electron chi connectivity index (χ2n) is 20.0. The van der Waals surface area contributed by atoms with E-state index in [2.05, 4.69) is 84.1 Å². The highest BCUT2D eigenvalue weighted by Crippen LogP contribution is 2.75. The second-order valence-corrected chi connectivity index (χ2v) is 20.0. The summed E-state index contributed by atoms with van der Waals surface area (Å²) in [6.45, 7) is 23.0. The molecule has 0 amide bonds. The monoisotopic (exact) mass is 704 g/mol. The highest BCUT2D eigenvalue weighted by molar-refractivity contribution is 5.81. The Hall–Kier alpha value is -2.34. The summed E-state index contributed by atoms with van der Waals surface area (Å²) in [4.78, 5) is 24.8. The second kappa shape index (κ2) is 13.5. The van der Waals surface area contributed by atoms with Crippen molar-refractivity contribution >= 4 is 11.9 Å². The maximum Gasteiger partial charge on any atom is 0.309 e. The first-order valence-electron chi connectivity index (χ1n) is 20.3. The minimum absolute atomic E-state index is 0.0959. The van der Waals surface area contributed by atoms with Crippen LogP contribution in [-0.4, -0.2) is 43.3 Å². The van der Waals surface area contributed by atoms with E-state index >= 15 is 0 Å². The van der Waals surface area contributed by atoms with Gasteiger partial charge in [-0.15, -0.1) is 0 Å². The molecule has 1 aromatic rings. The van der Waals surface area contributed by atoms with Gasteiger partial charge in [0.25, 0.3) is 0 Å². The van der Waals surface area contributed by atoms with Crippen molar-refractivity contribution in [2.24, 2.45) is 62.1 Å². The summed E-state index contributed by atoms with van der Waals surface area (Å²) in [7, 11) is 1.73. The number of fused-ring (bicyclic) bond motifs is 7. The zero-order valence-corrected chi connectivity index (χ0v) is 33.6. The molecule has 10 atom stereocenters. The molecule has 4 saturated carbocycles. The summed E-state index contributed by atoms with van der Waals surface area (Å²) in [5, 5.41) is 13.6. The van der Waals surface area contributed by atoms with Crippen molar-refractivity contribution in [2.45, 2.75) is 139 Å². The number of methoxy groups -OCH3 is 1. The number of carboxylic acid groups (broad SMARTS) is 1. The molecule has 0 bridgehead atoms. The van der Waals surface area contributed by atoms with Gasteiger partial charge in [0.05, 0.1) is 18.9 Å². The van der Waals surface area contributed by atoms with Crippen molar-refractivity contribution in [3.05, 3.63) is 41.5 Å². The summed E-state index contributed by atoms with van der Waals surface area (Å²) in [6, 6.07) is 8.53. The molecular weight excluding hydrogens is 634 g/mol. The Morgan fingerprint density at radius 1 is 0.922 bits per heavy atom. The Bertz CT molecular complexity index is 1500. The normalized spacial score (nSPS) is 40.1. The predicted molar refractivity (Wildman–Crippen MR) is 204 cm³/mol. The fourth-order valence-corrected chi connectivity index (χ4v) is 13.1. The molecule has 0 spiro atoms. The van der Waals surface area contributed by atoms with Crippen LogP contribution in [0.4, 0.5) is 0 Å². The number of allylic oxidation sites excluding steroid dienone is 2. The van der Waals surface area contributed by atoms with Crippen molar-refractivity contribution in [3.8, 4) is 5.75 Å². The molecule has 1 aromatic carbocycles. The molecule has 2 N–H and O–H groups in total. The van der Waals surface area contributed by atoms with Crippen LogP contribution in [0.15, 0.2) is 35.9 Å². The van der Waals surface area contributed by atoms with Crippen LogP contribution in [-0.2, 0) is 20.7 Å². The Labute approximate surface area is 309 Å². The highest BCUT2D eigenvalue weighted by Gasteiger charge is 2.68. The lowest BCUT2D eigenvalue weighted by Crippen LogP contribution is -2.65. The molecule has 51 heavy (non-hydrogen) atoms. The Kier molecular flexibility index (Phi) is 10.2. The topological polar surface area (TPSA) is 84.9 Å². The van der Waals surface area contributed by atoms with Crippen molar-refractivity contribution in [1.29, 1.82) is 0 Å². The molecule has 0 saturated heterocycles. The van der Waals surface area contributed by atoms with Crippen LogP contribution in [0.1, 0.15) is 132 Å². The quantitative estimate of drug-likeness (QED) is 0.143. The fourth-order valence-electron chi connectivity index (χ4n) is 13.1. The van der Waals surface area contributed by atoms with E-state index in [4.69, 9.17) is 9.47 Å². The lowest BCUT2D eigenvalue weighted by molar-refractivity contribution is -0.214. The van der Waals surface area contributed by atoms with E-state index in [1.807, 2.05) is 0 Å². The van der Waals surface area contributed by atoms with Gasteiger partial charge in [0.2, 0.25) is 0 Å². The maximum atomic E-state index is 13.1. The summed E-state index contributed by atoms with van der Waals surface area (Å²) >= 11 is 0. The Balaban J connectivity index is 1.22. The van der Waals surface area contributed by atoms with Gasteiger partial charge < -0.3 is 19.9 Å². The van der Waals surface area contributed by atoms with E-state index in [0.717, 1.165) is 56.9 Å². The SMILES string of the molecule is COc1ccc(CCNCC23CC[C@@H](C)[C@H](C)[C@H]2C2=CCC4C5(C)CCC(OC(=O)CC(C)(C)C(=O)O)C(C)(C)C5CC[C@@]4(C)[C@]2(C)CC3)cc1. The van der Waals surface area contributed by atoms with Gasteiger partial charge in [0.1, 0.15) is 11.9 Å². The van der Waals surface area contributed by atoms with Crippen molar-refractivity contribution in [1.82, 2.24) is 5.32 Å². The van der Waals surface area contributed by atoms with E-state index in [-0.39, 0.29) is 40.2 Å². The lowest BCUT2D eigenvalue weighted by atomic mass is 9.33. The highest BCUT2D eigenvalue weighted by atomic mass is 16.5. The Morgan fingerprint density at radius 2 is 1.63 bits per heavy atom. The summed E-state index contributed by atoms with van der Waals surface area (Å²) in [5.74, 6) is 2.66. The molecule has 0 aromatic heterocycles. The van der Waals surface area contributed by atoms with Crippen LogP contribution < -0.4 is 10.1 Å². The molecule has 5 aliphatic rings. The largest absolute Gasteiger partial charge is 0.497 e. The van der Waals surface area contributed by atoms with Crippen LogP contribution in [0.3, 0.4) is 0 Å². The molecule has 284 valence electrons. The van der Waals surface area contributed by atoms with Gasteiger partial charge in [-0.1, -0.05) is 72.2 Å². The molecule has 5 unspecified atom stereocenters. The van der Waals surface area contributed by atoms with Gasteiger partial charge in [-0.2, -0.15) is 0 Å². The number of hydrogen-bond acceptors (Lipinski definition) is 5. The van der Waals surface area contributed by atoms with Crippen LogP contribution in [0, 0.1) is 62.1 Å². The molecule has 6 heteroatoms. The Morgan fingerprint density at radius 3 is 2.29 bits per heavy atom. The van der Waals surface area contributed by atoms with E-state index in [1.54, 1.807) is 26.5 Å². The smallest absolute Gasteiger partial charge is 0.309 e. The number of rotatable bonds is 10. The maximum absolute atomic E-state index is 13.1. The molecular formula is C45H69NO5. The first-order valence-corrected chi connectivity index (χ1v) is 20.3. The minimum atomic E-state index is -1.13. The van der Waals surface area contributed by atoms with Crippen LogP contribution in [0.25, 0.3) is 0 Å². The third-order valence-corrected chi connectivity index (χ3v) is 16.8. The molecule has 0 aliphatic heterocycles. The molecule has 0 radical (unpaired) electrons. The van der Waals surface area contributed by atoms with Gasteiger partial charge >= 0.3 is 11.9 Å². The summed E-state index contributed by atoms with van der Waals surface area (Å²) in [5.41, 5.74) is 2.74. The van der Waals surface area contributed by atoms with E-state index in [9.17, 15) is 14.7 Å². The number of benzene rings is 1. The lowest BCUT2D eigenvalue weighted by Gasteiger charge is -2.71. The number of hydrogen-bond donors (Lipinski definition) is 2. The summed E-state index contributed by atoms with van der Waals surface area (Å²) in [6.07, 6.45) is 14.2. The number of carboxylic acids is 1. The van der Waals surface area contributed by atoms with E-state index in [0.29, 0.717) is 29.1 Å². The van der Waals surface area contributed by atoms with Crippen LogP contribution in [0.2, 0.25) is 0 Å². The standard InChI is InChI=1S/C45H69NO5/c1-29-17-23-45(28-46-26-20-31-11-13-32(50-10)14-12-31)25-24-43(8)33(38(45)30(29)2)15-16-35-42(7)21-19-36(51-37(47)27-40(3,4)39(48)49)41(5,6)34(42)18-22-44(35,43)9/h11-15,29-30,34-36,38,46H,16-28H2,1-10H3,(H,48,49)/t29-,30+,34?,35?,36?,38+,42?,43-,44-,45?/m1/s1. The van der Waals surface area contributed by atoms with Crippen molar-refractivity contribution < 1.29 is 24.2 Å². The van der Waals surface area contributed by atoms with Gasteiger partial charge in [-0.3, -0.25) is 9.59 Å². The zero-order valence-electron chi connectivity index (χ0n) is 33.6. The van der Waals surface area contributed by atoms with Gasteiger partial charge in [0, 0.05) is 12.0 Å². The first-order chi connectivity index (χ1) is 23.8. The molecule has 5 aliphatic carbocycles. The van der Waals surface area contributed by atoms with Crippen molar-refractivity contribution in [2.75, 3.05) is 20.2 Å². The third-order valence-electron chi connectivity index (χ3n) is 16.8. The van der Waals surface area contributed by atoms with Crippen LogP contribution >= 0.6 is 0 Å². The number of esters is 1. The number of aliphatic carboxylic acids is 1. The number of nitrogens with one attached hydrogen (secondary N) is 1. The minimum Gasteiger partial charge on any atom is -0.497 e. The van der Waals surface area contributed by atoms with Gasteiger partial charge in [-0.25, -0.2) is 0 Å². The van der Waals surface area contributed by atoms with Crippen molar-refractivity contribution in [3.63, 3.8) is 0 Å². The number of ether oxygens (including phenoxy) is 2. The first kappa shape index (κ1) is 38.4. The average molecular weight is 704 g/mol. The van der Waals surface area contributed by atoms with E-state index in [1.165, 1.54) is 37.7 Å². The molecule has 4 fully saturated rings. The van der Waals surface area contributed by atoms with Crippen LogP contribution in [0.5, 0.6) is 5.75 Å². The number of carbonyl (C=O) groups is 2. The molecule has 0 heterocycles. The fraction of sp³-hybridized carbons (Fsp3) is 0.778. The van der Waals surface area contributed by atoms with Gasteiger partial charge in [0.15, 0.2) is 0 Å².